The van der Waals surface area contributed by atoms with E-state index in [1.807, 2.05) is 6.07 Å². The number of hydrogen-bond acceptors (Lipinski definition) is 2. The zero-order valence-electron chi connectivity index (χ0n) is 18.7. The molecule has 1 aliphatic carbocycles. The van der Waals surface area contributed by atoms with E-state index in [0.717, 1.165) is 56.9 Å². The standard InChI is InChI=1S/C26H33F3O3/c1-18-12-14-20(15-13-18)32-23-17-16-21-19(8-5-3-2-4-6-11-24(30)31)9-7-10-22(21)25(23)26(27,28)29/h7,9-10,16-18,20H,2-6,8,11-15H2,1H3,(H,30,31). The first kappa shape index (κ1) is 24.4. The first-order valence-electron chi connectivity index (χ1n) is 11.8. The number of carbonyl (C=O) groups is 1. The summed E-state index contributed by atoms with van der Waals surface area (Å²) in [5.74, 6) is -0.226. The molecule has 3 nitrogen and oxygen atoms in total. The van der Waals surface area contributed by atoms with Gasteiger partial charge in [-0.3, -0.25) is 4.79 Å². The van der Waals surface area contributed by atoms with Gasteiger partial charge in [0.05, 0.1) is 6.10 Å². The topological polar surface area (TPSA) is 46.5 Å². The van der Waals surface area contributed by atoms with Crippen molar-refractivity contribution in [2.75, 3.05) is 0 Å². The van der Waals surface area contributed by atoms with Gasteiger partial charge in [-0.15, -0.1) is 0 Å². The van der Waals surface area contributed by atoms with Crippen molar-refractivity contribution >= 4 is 16.7 Å². The Morgan fingerprint density at radius 2 is 1.66 bits per heavy atom. The molecule has 0 atom stereocenters. The number of aliphatic carboxylic acids is 1. The van der Waals surface area contributed by atoms with Gasteiger partial charge in [-0.05, 0) is 73.3 Å². The largest absolute Gasteiger partial charge is 0.490 e. The molecule has 0 spiro atoms. The fourth-order valence-corrected chi connectivity index (χ4v) is 4.66. The van der Waals surface area contributed by atoms with Crippen LogP contribution in [0.5, 0.6) is 5.75 Å². The first-order valence-corrected chi connectivity index (χ1v) is 11.8. The van der Waals surface area contributed by atoms with Crippen LogP contribution in [-0.4, -0.2) is 17.2 Å². The van der Waals surface area contributed by atoms with Crippen molar-refractivity contribution in [3.8, 4) is 5.75 Å². The monoisotopic (exact) mass is 450 g/mol. The molecule has 3 rings (SSSR count). The van der Waals surface area contributed by atoms with Crippen LogP contribution >= 0.6 is 0 Å². The zero-order chi connectivity index (χ0) is 23.1. The molecule has 1 saturated carbocycles. The Morgan fingerprint density at radius 3 is 2.34 bits per heavy atom. The molecule has 0 aromatic heterocycles. The lowest BCUT2D eigenvalue weighted by Crippen LogP contribution is -2.24. The molecule has 0 heterocycles. The van der Waals surface area contributed by atoms with E-state index in [1.54, 1.807) is 18.2 Å². The van der Waals surface area contributed by atoms with Gasteiger partial charge < -0.3 is 9.84 Å². The summed E-state index contributed by atoms with van der Waals surface area (Å²) in [6, 6.07) is 8.41. The van der Waals surface area contributed by atoms with E-state index in [-0.39, 0.29) is 23.7 Å². The average Bonchev–Trinajstić information content (AvgIpc) is 2.73. The third-order valence-electron chi connectivity index (χ3n) is 6.49. The van der Waals surface area contributed by atoms with Crippen LogP contribution in [0.25, 0.3) is 10.8 Å². The van der Waals surface area contributed by atoms with Gasteiger partial charge in [0.15, 0.2) is 0 Å². The van der Waals surface area contributed by atoms with E-state index in [0.29, 0.717) is 24.1 Å². The molecule has 176 valence electrons. The van der Waals surface area contributed by atoms with Crippen LogP contribution in [0.4, 0.5) is 13.2 Å². The Kier molecular flexibility index (Phi) is 8.44. The Labute approximate surface area is 188 Å². The predicted octanol–water partition coefficient (Wildman–Crippen LogP) is 7.78. The van der Waals surface area contributed by atoms with Crippen LogP contribution in [0.15, 0.2) is 30.3 Å². The Morgan fingerprint density at radius 1 is 0.969 bits per heavy atom. The Bertz CT molecular complexity index is 899. The molecule has 2 aromatic carbocycles. The molecule has 1 aliphatic rings. The third kappa shape index (κ3) is 6.63. The number of ether oxygens (including phenoxy) is 1. The Balaban J connectivity index is 1.73. The number of unbranched alkanes of at least 4 members (excludes halogenated alkanes) is 4. The molecule has 0 amide bonds. The smallest absolute Gasteiger partial charge is 0.420 e. The lowest BCUT2D eigenvalue weighted by Gasteiger charge is -2.28. The van der Waals surface area contributed by atoms with Gasteiger partial charge in [-0.2, -0.15) is 13.2 Å². The minimum Gasteiger partial charge on any atom is -0.490 e. The predicted molar refractivity (Wildman–Crippen MR) is 120 cm³/mol. The lowest BCUT2D eigenvalue weighted by atomic mass is 9.89. The van der Waals surface area contributed by atoms with Crippen LogP contribution in [0.2, 0.25) is 0 Å². The second-order valence-electron chi connectivity index (χ2n) is 9.11. The minimum atomic E-state index is -4.49. The van der Waals surface area contributed by atoms with Crippen LogP contribution in [0, 0.1) is 5.92 Å². The van der Waals surface area contributed by atoms with Gasteiger partial charge in [0.25, 0.3) is 0 Å². The SMILES string of the molecule is CC1CCC(Oc2ccc3c(CCCCCCCC(=O)O)cccc3c2C(F)(F)F)CC1. The maximum atomic E-state index is 14.1. The number of rotatable bonds is 10. The van der Waals surface area contributed by atoms with E-state index in [1.165, 1.54) is 6.07 Å². The molecule has 0 radical (unpaired) electrons. The molecule has 0 saturated heterocycles. The normalized spacial score (nSPS) is 19.2. The van der Waals surface area contributed by atoms with Gasteiger partial charge in [-0.25, -0.2) is 0 Å². The highest BCUT2D eigenvalue weighted by atomic mass is 19.4. The summed E-state index contributed by atoms with van der Waals surface area (Å²) in [7, 11) is 0. The van der Waals surface area contributed by atoms with E-state index in [9.17, 15) is 18.0 Å². The average molecular weight is 451 g/mol. The first-order chi connectivity index (χ1) is 15.3. The zero-order valence-corrected chi connectivity index (χ0v) is 18.7. The van der Waals surface area contributed by atoms with E-state index < -0.39 is 17.7 Å². The number of carboxylic acid groups (broad SMARTS) is 1. The van der Waals surface area contributed by atoms with Crippen molar-refractivity contribution < 1.29 is 27.8 Å². The third-order valence-corrected chi connectivity index (χ3v) is 6.49. The molecular weight excluding hydrogens is 417 g/mol. The van der Waals surface area contributed by atoms with Crippen LogP contribution in [0.3, 0.4) is 0 Å². The van der Waals surface area contributed by atoms with Crippen molar-refractivity contribution in [3.05, 3.63) is 41.5 Å². The summed E-state index contributed by atoms with van der Waals surface area (Å²) in [6.45, 7) is 2.17. The van der Waals surface area contributed by atoms with Gasteiger partial charge in [0, 0.05) is 6.42 Å². The summed E-state index contributed by atoms with van der Waals surface area (Å²) in [5.41, 5.74) is 0.251. The molecule has 0 bridgehead atoms. The molecule has 0 aliphatic heterocycles. The van der Waals surface area contributed by atoms with Gasteiger partial charge in [0.1, 0.15) is 11.3 Å². The highest BCUT2D eigenvalue weighted by Gasteiger charge is 2.37. The van der Waals surface area contributed by atoms with Crippen molar-refractivity contribution in [1.82, 2.24) is 0 Å². The van der Waals surface area contributed by atoms with Crippen molar-refractivity contribution in [1.29, 1.82) is 0 Å². The second kappa shape index (κ2) is 11.1. The van der Waals surface area contributed by atoms with Crippen LogP contribution < -0.4 is 4.74 Å². The van der Waals surface area contributed by atoms with E-state index in [4.69, 9.17) is 9.84 Å². The molecule has 1 fully saturated rings. The summed E-state index contributed by atoms with van der Waals surface area (Å²) in [6.07, 6.45) is 4.07. The maximum absolute atomic E-state index is 14.1. The summed E-state index contributed by atoms with van der Waals surface area (Å²) < 4.78 is 48.2. The lowest BCUT2D eigenvalue weighted by molar-refractivity contribution is -0.138. The highest BCUT2D eigenvalue weighted by molar-refractivity contribution is 5.91. The van der Waals surface area contributed by atoms with Crippen LogP contribution in [-0.2, 0) is 17.4 Å². The van der Waals surface area contributed by atoms with Crippen molar-refractivity contribution in [3.63, 3.8) is 0 Å². The number of carboxylic acids is 1. The highest BCUT2D eigenvalue weighted by Crippen LogP contribution is 2.43. The number of benzene rings is 2. The summed E-state index contributed by atoms with van der Waals surface area (Å²) in [4.78, 5) is 10.6. The molecular formula is C26H33F3O3. The molecule has 1 N–H and O–H groups in total. The fourth-order valence-electron chi connectivity index (χ4n) is 4.66. The van der Waals surface area contributed by atoms with Gasteiger partial charge >= 0.3 is 12.1 Å². The molecule has 6 heteroatoms. The molecule has 0 unspecified atom stereocenters. The quantitative estimate of drug-likeness (QED) is 0.376. The van der Waals surface area contributed by atoms with Crippen LogP contribution in [0.1, 0.15) is 82.3 Å². The summed E-state index contributed by atoms with van der Waals surface area (Å²) in [5, 5.41) is 9.52. The minimum absolute atomic E-state index is 0.0554. The Hall–Kier alpha value is -2.24. The van der Waals surface area contributed by atoms with Gasteiger partial charge in [0.2, 0.25) is 0 Å². The van der Waals surface area contributed by atoms with E-state index in [2.05, 4.69) is 6.92 Å². The number of alkyl halides is 3. The number of halogens is 3. The van der Waals surface area contributed by atoms with Gasteiger partial charge in [-0.1, -0.05) is 50.5 Å². The van der Waals surface area contributed by atoms with E-state index >= 15 is 0 Å². The number of aryl methyl sites for hydroxylation is 1. The molecule has 32 heavy (non-hydrogen) atoms. The fraction of sp³-hybridized carbons (Fsp3) is 0.577. The maximum Gasteiger partial charge on any atom is 0.420 e. The van der Waals surface area contributed by atoms with Crippen molar-refractivity contribution in [2.45, 2.75) is 89.8 Å². The molecule has 2 aromatic rings. The number of hydrogen-bond donors (Lipinski definition) is 1. The second-order valence-corrected chi connectivity index (χ2v) is 9.11. The number of fused-ring (bicyclic) bond motifs is 1. The van der Waals surface area contributed by atoms with Crippen molar-refractivity contribution in [2.24, 2.45) is 5.92 Å². The summed E-state index contributed by atoms with van der Waals surface area (Å²) >= 11 is 0.